The molecule has 0 saturated carbocycles. The van der Waals surface area contributed by atoms with Crippen LogP contribution >= 0.6 is 0 Å². The van der Waals surface area contributed by atoms with Gasteiger partial charge in [-0.1, -0.05) is 62.4 Å². The van der Waals surface area contributed by atoms with Crippen molar-refractivity contribution in [3.63, 3.8) is 0 Å². The lowest BCUT2D eigenvalue weighted by atomic mass is 9.97. The summed E-state index contributed by atoms with van der Waals surface area (Å²) in [5, 5.41) is 6.33. The normalized spacial score (nSPS) is 11.9. The minimum atomic E-state index is 0.0558. The number of rotatable bonds is 7. The number of carbonyl (C=O) groups excluding carboxylic acids is 1. The molecule has 2 rings (SSSR count). The predicted molar refractivity (Wildman–Crippen MR) is 91.9 cm³/mol. The van der Waals surface area contributed by atoms with Gasteiger partial charge in [0.15, 0.2) is 0 Å². The number of carbonyl (C=O) groups is 1. The fourth-order valence-corrected chi connectivity index (χ4v) is 2.43. The van der Waals surface area contributed by atoms with Crippen LogP contribution in [0.5, 0.6) is 0 Å². The molecular formula is C19H24N2O. The van der Waals surface area contributed by atoms with E-state index in [0.717, 1.165) is 24.3 Å². The van der Waals surface area contributed by atoms with Crippen LogP contribution in [-0.2, 0) is 11.3 Å². The van der Waals surface area contributed by atoms with E-state index in [1.54, 1.807) is 0 Å². The second-order valence-electron chi connectivity index (χ2n) is 5.50. The molecule has 0 spiro atoms. The van der Waals surface area contributed by atoms with Crippen molar-refractivity contribution in [2.45, 2.75) is 32.7 Å². The van der Waals surface area contributed by atoms with Gasteiger partial charge in [0.25, 0.3) is 0 Å². The summed E-state index contributed by atoms with van der Waals surface area (Å²) in [6, 6.07) is 18.1. The smallest absolute Gasteiger partial charge is 0.224 e. The van der Waals surface area contributed by atoms with E-state index in [0.29, 0.717) is 6.42 Å². The number of amides is 1. The molecule has 0 saturated heterocycles. The van der Waals surface area contributed by atoms with Crippen LogP contribution in [0.25, 0.3) is 0 Å². The first-order valence-electron chi connectivity index (χ1n) is 7.84. The average Bonchev–Trinajstić information content (AvgIpc) is 2.54. The van der Waals surface area contributed by atoms with Gasteiger partial charge in [-0.15, -0.1) is 0 Å². The van der Waals surface area contributed by atoms with Crippen LogP contribution < -0.4 is 10.6 Å². The third kappa shape index (κ3) is 4.71. The summed E-state index contributed by atoms with van der Waals surface area (Å²) in [6.45, 7) is 5.83. The van der Waals surface area contributed by atoms with Gasteiger partial charge in [0.05, 0.1) is 0 Å². The van der Waals surface area contributed by atoms with Crippen LogP contribution in [0, 0.1) is 0 Å². The molecule has 3 heteroatoms. The van der Waals surface area contributed by atoms with Crippen LogP contribution in [0.4, 0.5) is 5.69 Å². The zero-order valence-electron chi connectivity index (χ0n) is 13.3. The van der Waals surface area contributed by atoms with Crippen LogP contribution in [0.2, 0.25) is 0 Å². The molecule has 0 heterocycles. The molecule has 0 aliphatic carbocycles. The van der Waals surface area contributed by atoms with Crippen LogP contribution in [0.1, 0.15) is 37.3 Å². The first-order valence-corrected chi connectivity index (χ1v) is 7.84. The molecule has 0 aliphatic heterocycles. The van der Waals surface area contributed by atoms with E-state index in [9.17, 15) is 4.79 Å². The molecule has 1 amide bonds. The molecule has 0 aromatic heterocycles. The van der Waals surface area contributed by atoms with E-state index >= 15 is 0 Å². The van der Waals surface area contributed by atoms with Crippen molar-refractivity contribution >= 4 is 11.6 Å². The Morgan fingerprint density at radius 3 is 2.45 bits per heavy atom. The van der Waals surface area contributed by atoms with Gasteiger partial charge in [-0.25, -0.2) is 0 Å². The SMILES string of the molecule is CCNCc1ccccc1NC(=O)C[C@H](C)c1ccccc1. The van der Waals surface area contributed by atoms with Gasteiger partial charge in [-0.2, -0.15) is 0 Å². The van der Waals surface area contributed by atoms with Gasteiger partial charge in [0.2, 0.25) is 5.91 Å². The first-order chi connectivity index (χ1) is 10.7. The van der Waals surface area contributed by atoms with Crippen LogP contribution in [-0.4, -0.2) is 12.5 Å². The molecule has 0 fully saturated rings. The second kappa shape index (κ2) is 8.35. The molecule has 116 valence electrons. The Bertz CT molecular complexity index is 595. The summed E-state index contributed by atoms with van der Waals surface area (Å²) in [5.74, 6) is 0.266. The number of benzene rings is 2. The monoisotopic (exact) mass is 296 g/mol. The summed E-state index contributed by atoms with van der Waals surface area (Å²) in [4.78, 5) is 12.3. The number of nitrogens with one attached hydrogen (secondary N) is 2. The standard InChI is InChI=1S/C19H24N2O/c1-3-20-14-17-11-7-8-12-18(17)21-19(22)13-15(2)16-9-5-4-6-10-16/h4-12,15,20H,3,13-14H2,1-2H3,(H,21,22)/t15-/m0/s1. The molecule has 2 aromatic rings. The maximum Gasteiger partial charge on any atom is 0.224 e. The van der Waals surface area contributed by atoms with Gasteiger partial charge in [-0.05, 0) is 29.7 Å². The van der Waals surface area contributed by atoms with Gasteiger partial charge in [0.1, 0.15) is 0 Å². The van der Waals surface area contributed by atoms with Crippen molar-refractivity contribution in [3.8, 4) is 0 Å². The topological polar surface area (TPSA) is 41.1 Å². The highest BCUT2D eigenvalue weighted by atomic mass is 16.1. The van der Waals surface area contributed by atoms with Crippen molar-refractivity contribution in [3.05, 3.63) is 65.7 Å². The number of anilines is 1. The number of para-hydroxylation sites is 1. The number of hydrogen-bond donors (Lipinski definition) is 2. The van der Waals surface area contributed by atoms with Crippen molar-refractivity contribution in [1.82, 2.24) is 5.32 Å². The van der Waals surface area contributed by atoms with Gasteiger partial charge in [-0.3, -0.25) is 4.79 Å². The Morgan fingerprint density at radius 1 is 1.05 bits per heavy atom. The zero-order chi connectivity index (χ0) is 15.8. The van der Waals surface area contributed by atoms with E-state index in [-0.39, 0.29) is 11.8 Å². The maximum atomic E-state index is 12.3. The zero-order valence-corrected chi connectivity index (χ0v) is 13.3. The minimum Gasteiger partial charge on any atom is -0.326 e. The molecule has 2 aromatic carbocycles. The van der Waals surface area contributed by atoms with Crippen molar-refractivity contribution < 1.29 is 4.79 Å². The van der Waals surface area contributed by atoms with Gasteiger partial charge in [0, 0.05) is 18.7 Å². The summed E-state index contributed by atoms with van der Waals surface area (Å²) in [6.07, 6.45) is 0.486. The largest absolute Gasteiger partial charge is 0.326 e. The first kappa shape index (κ1) is 16.2. The maximum absolute atomic E-state index is 12.3. The van der Waals surface area contributed by atoms with E-state index in [4.69, 9.17) is 0 Å². The summed E-state index contributed by atoms with van der Waals surface area (Å²) in [7, 11) is 0. The Labute approximate surface area is 132 Å². The van der Waals surface area contributed by atoms with E-state index in [2.05, 4.69) is 36.6 Å². The summed E-state index contributed by atoms with van der Waals surface area (Å²) in [5.41, 5.74) is 3.21. The van der Waals surface area contributed by atoms with Gasteiger partial charge >= 0.3 is 0 Å². The molecule has 1 atom stereocenters. The van der Waals surface area contributed by atoms with E-state index < -0.39 is 0 Å². The molecular weight excluding hydrogens is 272 g/mol. The molecule has 0 radical (unpaired) electrons. The summed E-state index contributed by atoms with van der Waals surface area (Å²) < 4.78 is 0. The third-order valence-electron chi connectivity index (χ3n) is 3.72. The van der Waals surface area contributed by atoms with Crippen molar-refractivity contribution in [2.75, 3.05) is 11.9 Å². The minimum absolute atomic E-state index is 0.0558. The molecule has 22 heavy (non-hydrogen) atoms. The average molecular weight is 296 g/mol. The highest BCUT2D eigenvalue weighted by Crippen LogP contribution is 2.20. The Kier molecular flexibility index (Phi) is 6.16. The van der Waals surface area contributed by atoms with E-state index in [1.165, 1.54) is 5.56 Å². The molecule has 0 aliphatic rings. The third-order valence-corrected chi connectivity index (χ3v) is 3.72. The van der Waals surface area contributed by atoms with Crippen molar-refractivity contribution in [2.24, 2.45) is 0 Å². The lowest BCUT2D eigenvalue weighted by molar-refractivity contribution is -0.116. The van der Waals surface area contributed by atoms with Gasteiger partial charge < -0.3 is 10.6 Å². The molecule has 0 unspecified atom stereocenters. The van der Waals surface area contributed by atoms with E-state index in [1.807, 2.05) is 42.5 Å². The lowest BCUT2D eigenvalue weighted by Gasteiger charge is -2.14. The molecule has 3 nitrogen and oxygen atoms in total. The molecule has 0 bridgehead atoms. The predicted octanol–water partition coefficient (Wildman–Crippen LogP) is 3.93. The quantitative estimate of drug-likeness (QED) is 0.813. The highest BCUT2D eigenvalue weighted by Gasteiger charge is 2.12. The van der Waals surface area contributed by atoms with Crippen molar-refractivity contribution in [1.29, 1.82) is 0 Å². The second-order valence-corrected chi connectivity index (χ2v) is 5.50. The fourth-order valence-electron chi connectivity index (χ4n) is 2.43. The molecule has 2 N–H and O–H groups in total. The lowest BCUT2D eigenvalue weighted by Crippen LogP contribution is -2.18. The Hall–Kier alpha value is -2.13. The van der Waals surface area contributed by atoms with Crippen LogP contribution in [0.15, 0.2) is 54.6 Å². The Balaban J connectivity index is 1.97. The highest BCUT2D eigenvalue weighted by molar-refractivity contribution is 5.92. The Morgan fingerprint density at radius 2 is 1.73 bits per heavy atom. The summed E-state index contributed by atoms with van der Waals surface area (Å²) >= 11 is 0. The number of hydrogen-bond acceptors (Lipinski definition) is 2. The fraction of sp³-hybridized carbons (Fsp3) is 0.316. The van der Waals surface area contributed by atoms with Crippen LogP contribution in [0.3, 0.4) is 0 Å².